The zero-order valence-electron chi connectivity index (χ0n) is 14.0. The Kier molecular flexibility index (Phi) is 4.85. The third-order valence-corrected chi connectivity index (χ3v) is 3.99. The maximum Gasteiger partial charge on any atom is 0.321 e. The number of nitrogens with one attached hydrogen (secondary N) is 1. The summed E-state index contributed by atoms with van der Waals surface area (Å²) in [6.07, 6.45) is 4.26. The molecule has 2 heterocycles. The van der Waals surface area contributed by atoms with Gasteiger partial charge in [-0.05, 0) is 6.42 Å². The molecule has 1 fully saturated rings. The standard InChI is InChI=1S/C15H25N5O2/c1-15(2)10-20(7-6-12(15)22-5)14(21)18-11-8-16-13(17-9-11)19(3)4/h8-9,12H,6-7,10H2,1-5H3,(H,18,21). The second-order valence-electron chi connectivity index (χ2n) is 6.52. The van der Waals surface area contributed by atoms with Gasteiger partial charge >= 0.3 is 6.03 Å². The summed E-state index contributed by atoms with van der Waals surface area (Å²) >= 11 is 0. The van der Waals surface area contributed by atoms with Gasteiger partial charge in [-0.2, -0.15) is 0 Å². The lowest BCUT2D eigenvalue weighted by Gasteiger charge is -2.43. The Hall–Kier alpha value is -1.89. The van der Waals surface area contributed by atoms with Crippen LogP contribution >= 0.6 is 0 Å². The molecule has 1 aromatic heterocycles. The number of hydrogen-bond acceptors (Lipinski definition) is 5. The topological polar surface area (TPSA) is 70.6 Å². The molecular weight excluding hydrogens is 282 g/mol. The Morgan fingerprint density at radius 1 is 1.41 bits per heavy atom. The second kappa shape index (κ2) is 6.48. The molecular formula is C15H25N5O2. The first-order chi connectivity index (χ1) is 10.3. The third-order valence-electron chi connectivity index (χ3n) is 3.99. The Bertz CT molecular complexity index is 515. The first-order valence-corrected chi connectivity index (χ1v) is 7.41. The van der Waals surface area contributed by atoms with Crippen LogP contribution in [0.15, 0.2) is 12.4 Å². The number of nitrogens with zero attached hydrogens (tertiary/aromatic N) is 4. The first-order valence-electron chi connectivity index (χ1n) is 7.41. The van der Waals surface area contributed by atoms with Gasteiger partial charge in [-0.25, -0.2) is 14.8 Å². The fraction of sp³-hybridized carbons (Fsp3) is 0.667. The highest BCUT2D eigenvalue weighted by Crippen LogP contribution is 2.31. The lowest BCUT2D eigenvalue weighted by molar-refractivity contribution is -0.0394. The van der Waals surface area contributed by atoms with Gasteiger partial charge in [0.2, 0.25) is 5.95 Å². The Morgan fingerprint density at radius 2 is 2.05 bits per heavy atom. The van der Waals surface area contributed by atoms with Gasteiger partial charge in [-0.3, -0.25) is 0 Å². The van der Waals surface area contributed by atoms with Crippen molar-refractivity contribution < 1.29 is 9.53 Å². The molecule has 1 aromatic rings. The summed E-state index contributed by atoms with van der Waals surface area (Å²) in [7, 11) is 5.47. The molecule has 0 spiro atoms. The van der Waals surface area contributed by atoms with Crippen LogP contribution in [-0.2, 0) is 4.74 Å². The number of hydrogen-bond donors (Lipinski definition) is 1. The zero-order valence-corrected chi connectivity index (χ0v) is 14.0. The third kappa shape index (κ3) is 3.65. The number of piperidine rings is 1. The monoisotopic (exact) mass is 307 g/mol. The average Bonchev–Trinajstić information content (AvgIpc) is 2.46. The van der Waals surface area contributed by atoms with Gasteiger partial charge < -0.3 is 19.9 Å². The molecule has 1 unspecified atom stereocenters. The summed E-state index contributed by atoms with van der Waals surface area (Å²) in [5, 5.41) is 2.85. The van der Waals surface area contributed by atoms with Crippen molar-refractivity contribution in [3.05, 3.63) is 12.4 Å². The van der Waals surface area contributed by atoms with Crippen molar-refractivity contribution in [3.8, 4) is 0 Å². The molecule has 0 aliphatic carbocycles. The van der Waals surface area contributed by atoms with Gasteiger partial charge in [-0.15, -0.1) is 0 Å². The van der Waals surface area contributed by atoms with Gasteiger partial charge in [-0.1, -0.05) is 13.8 Å². The lowest BCUT2D eigenvalue weighted by atomic mass is 9.81. The largest absolute Gasteiger partial charge is 0.381 e. The van der Waals surface area contributed by atoms with E-state index in [0.717, 1.165) is 6.42 Å². The predicted octanol–water partition coefficient (Wildman–Crippen LogP) is 1.82. The zero-order chi connectivity index (χ0) is 16.3. The number of urea groups is 1. The van der Waals surface area contributed by atoms with E-state index in [2.05, 4.69) is 29.1 Å². The smallest absolute Gasteiger partial charge is 0.321 e. The summed E-state index contributed by atoms with van der Waals surface area (Å²) in [5.41, 5.74) is 0.539. The van der Waals surface area contributed by atoms with E-state index in [4.69, 9.17) is 4.74 Å². The molecule has 1 N–H and O–H groups in total. The van der Waals surface area contributed by atoms with Crippen molar-refractivity contribution in [1.82, 2.24) is 14.9 Å². The summed E-state index contributed by atoms with van der Waals surface area (Å²) in [5.74, 6) is 0.611. The molecule has 0 bridgehead atoms. The molecule has 1 saturated heterocycles. The summed E-state index contributed by atoms with van der Waals surface area (Å²) in [4.78, 5) is 24.4. The number of rotatable bonds is 3. The minimum atomic E-state index is -0.121. The second-order valence-corrected chi connectivity index (χ2v) is 6.52. The number of carbonyl (C=O) groups excluding carboxylic acids is 1. The van der Waals surface area contributed by atoms with E-state index >= 15 is 0 Å². The predicted molar refractivity (Wildman–Crippen MR) is 86.1 cm³/mol. The quantitative estimate of drug-likeness (QED) is 0.922. The highest BCUT2D eigenvalue weighted by atomic mass is 16.5. The van der Waals surface area contributed by atoms with Gasteiger partial charge in [0.05, 0.1) is 24.2 Å². The molecule has 7 heteroatoms. The number of anilines is 2. The highest BCUT2D eigenvalue weighted by Gasteiger charge is 2.37. The number of amides is 2. The van der Waals surface area contributed by atoms with Crippen LogP contribution in [0.2, 0.25) is 0 Å². The Morgan fingerprint density at radius 3 is 2.55 bits per heavy atom. The van der Waals surface area contributed by atoms with Crippen LogP contribution in [0.1, 0.15) is 20.3 Å². The number of ether oxygens (including phenoxy) is 1. The minimum absolute atomic E-state index is 0.0599. The van der Waals surface area contributed by atoms with Crippen LogP contribution in [-0.4, -0.2) is 61.3 Å². The van der Waals surface area contributed by atoms with E-state index in [9.17, 15) is 4.79 Å². The minimum Gasteiger partial charge on any atom is -0.381 e. The number of likely N-dealkylation sites (tertiary alicyclic amines) is 1. The number of methoxy groups -OCH3 is 1. The maximum absolute atomic E-state index is 12.4. The summed E-state index contributed by atoms with van der Waals surface area (Å²) in [6.45, 7) is 5.59. The van der Waals surface area contributed by atoms with E-state index in [1.807, 2.05) is 23.9 Å². The lowest BCUT2D eigenvalue weighted by Crippen LogP contribution is -2.52. The van der Waals surface area contributed by atoms with Gasteiger partial charge in [0.1, 0.15) is 0 Å². The van der Waals surface area contributed by atoms with Crippen molar-refractivity contribution in [2.24, 2.45) is 5.41 Å². The molecule has 1 aliphatic rings. The molecule has 22 heavy (non-hydrogen) atoms. The molecule has 1 aliphatic heterocycles. The van der Waals surface area contributed by atoms with Gasteiger partial charge in [0.25, 0.3) is 0 Å². The van der Waals surface area contributed by atoms with Crippen molar-refractivity contribution >= 4 is 17.7 Å². The van der Waals surface area contributed by atoms with E-state index in [-0.39, 0.29) is 17.6 Å². The molecule has 0 aromatic carbocycles. The van der Waals surface area contributed by atoms with E-state index < -0.39 is 0 Å². The average molecular weight is 307 g/mol. The summed E-state index contributed by atoms with van der Waals surface area (Å²) in [6, 6.07) is -0.121. The van der Waals surface area contributed by atoms with Gasteiger partial charge in [0.15, 0.2) is 0 Å². The van der Waals surface area contributed by atoms with Crippen LogP contribution in [0.4, 0.5) is 16.4 Å². The first kappa shape index (κ1) is 16.5. The van der Waals surface area contributed by atoms with E-state index in [1.165, 1.54) is 0 Å². The Balaban J connectivity index is 1.98. The molecule has 2 amide bonds. The highest BCUT2D eigenvalue weighted by molar-refractivity contribution is 5.89. The molecule has 7 nitrogen and oxygen atoms in total. The normalized spacial score (nSPS) is 20.6. The fourth-order valence-electron chi connectivity index (χ4n) is 2.77. The van der Waals surface area contributed by atoms with E-state index in [1.54, 1.807) is 19.5 Å². The number of aromatic nitrogens is 2. The van der Waals surface area contributed by atoms with Crippen molar-refractivity contribution in [2.75, 3.05) is 44.5 Å². The fourth-order valence-corrected chi connectivity index (χ4v) is 2.77. The maximum atomic E-state index is 12.4. The molecule has 0 saturated carbocycles. The van der Waals surface area contributed by atoms with Gasteiger partial charge in [0, 0.05) is 39.7 Å². The van der Waals surface area contributed by atoms with Crippen molar-refractivity contribution in [3.63, 3.8) is 0 Å². The molecule has 0 radical (unpaired) electrons. The van der Waals surface area contributed by atoms with Crippen LogP contribution in [0.5, 0.6) is 0 Å². The SMILES string of the molecule is COC1CCN(C(=O)Nc2cnc(N(C)C)nc2)CC1(C)C. The van der Waals surface area contributed by atoms with Crippen LogP contribution in [0.3, 0.4) is 0 Å². The molecule has 2 rings (SSSR count). The van der Waals surface area contributed by atoms with Crippen LogP contribution < -0.4 is 10.2 Å². The molecule has 1 atom stereocenters. The molecule has 122 valence electrons. The van der Waals surface area contributed by atoms with E-state index in [0.29, 0.717) is 24.7 Å². The number of carbonyl (C=O) groups is 1. The summed E-state index contributed by atoms with van der Waals surface area (Å²) < 4.78 is 5.51. The van der Waals surface area contributed by atoms with Crippen LogP contribution in [0.25, 0.3) is 0 Å². The Labute approximate surface area is 131 Å². The van der Waals surface area contributed by atoms with Crippen LogP contribution in [0, 0.1) is 5.41 Å². The van der Waals surface area contributed by atoms with Crippen molar-refractivity contribution in [2.45, 2.75) is 26.4 Å². The van der Waals surface area contributed by atoms with Crippen molar-refractivity contribution in [1.29, 1.82) is 0 Å².